The number of nitrogens with two attached hydrogens (primary N) is 1. The Morgan fingerprint density at radius 1 is 1.47 bits per heavy atom. The first-order chi connectivity index (χ1) is 7.31. The molecule has 1 heterocycles. The summed E-state index contributed by atoms with van der Waals surface area (Å²) in [5.74, 6) is 0. The fourth-order valence-corrected chi connectivity index (χ4v) is 1.96. The van der Waals surface area contributed by atoms with Crippen LogP contribution in [0.3, 0.4) is 0 Å². The number of nitrogens with one attached hydrogen (secondary N) is 1. The Morgan fingerprint density at radius 3 is 3.00 bits per heavy atom. The van der Waals surface area contributed by atoms with E-state index in [1.807, 2.05) is 12.1 Å². The lowest BCUT2D eigenvalue weighted by atomic mass is 10.2. The number of nitrogens with zero attached hydrogens (tertiary/aromatic N) is 2. The smallest absolute Gasteiger partial charge is 0.170 e. The maximum absolute atomic E-state index is 8.81. The number of aromatic amines is 1. The molecular weight excluding hydrogens is 208 g/mol. The normalized spacial score (nSPS) is 9.80. The lowest BCUT2D eigenvalue weighted by molar-refractivity contribution is 1.06. The molecule has 0 unspecified atom stereocenters. The van der Waals surface area contributed by atoms with Crippen LogP contribution in [-0.2, 0) is 0 Å². The summed E-state index contributed by atoms with van der Waals surface area (Å²) in [7, 11) is 0. The minimum Gasteiger partial charge on any atom is -0.397 e. The minimum atomic E-state index is 0.492. The first-order valence-electron chi connectivity index (χ1n) is 4.27. The number of hydrogen-bond donors (Lipinski definition) is 2. The highest BCUT2D eigenvalue weighted by molar-refractivity contribution is 7.99. The van der Waals surface area contributed by atoms with E-state index in [1.54, 1.807) is 24.5 Å². The maximum Gasteiger partial charge on any atom is 0.170 e. The van der Waals surface area contributed by atoms with Crippen LogP contribution >= 0.6 is 11.8 Å². The number of imidazole rings is 1. The summed E-state index contributed by atoms with van der Waals surface area (Å²) in [4.78, 5) is 7.88. The van der Waals surface area contributed by atoms with Crippen LogP contribution in [0.15, 0.2) is 40.6 Å². The number of benzene rings is 1. The summed E-state index contributed by atoms with van der Waals surface area (Å²) in [5.41, 5.74) is 6.82. The Morgan fingerprint density at radius 2 is 2.33 bits per heavy atom. The van der Waals surface area contributed by atoms with E-state index < -0.39 is 0 Å². The fraction of sp³-hybridized carbons (Fsp3) is 0. The van der Waals surface area contributed by atoms with Crippen molar-refractivity contribution >= 4 is 17.4 Å². The molecule has 2 aromatic rings. The molecule has 1 aromatic carbocycles. The van der Waals surface area contributed by atoms with Gasteiger partial charge >= 0.3 is 0 Å². The number of hydrogen-bond acceptors (Lipinski definition) is 4. The van der Waals surface area contributed by atoms with Crippen LogP contribution in [0.2, 0.25) is 0 Å². The van der Waals surface area contributed by atoms with E-state index in [9.17, 15) is 0 Å². The molecule has 15 heavy (non-hydrogen) atoms. The van der Waals surface area contributed by atoms with E-state index in [2.05, 4.69) is 9.97 Å². The van der Waals surface area contributed by atoms with Crippen molar-refractivity contribution in [2.24, 2.45) is 0 Å². The second-order valence-corrected chi connectivity index (χ2v) is 3.86. The number of aromatic nitrogens is 2. The predicted octanol–water partition coefficient (Wildman–Crippen LogP) is 2.01. The lowest BCUT2D eigenvalue weighted by Crippen LogP contribution is -1.92. The van der Waals surface area contributed by atoms with Crippen molar-refractivity contribution in [1.82, 2.24) is 9.97 Å². The first-order valence-corrected chi connectivity index (χ1v) is 5.08. The van der Waals surface area contributed by atoms with Gasteiger partial charge in [-0.15, -0.1) is 0 Å². The van der Waals surface area contributed by atoms with Crippen molar-refractivity contribution in [3.63, 3.8) is 0 Å². The SMILES string of the molecule is N#Cc1cccc(Sc2ncc[nH]2)c1N. The molecule has 5 heteroatoms. The number of para-hydroxylation sites is 1. The molecule has 0 spiro atoms. The average molecular weight is 216 g/mol. The monoisotopic (exact) mass is 216 g/mol. The van der Waals surface area contributed by atoms with Crippen molar-refractivity contribution in [3.05, 3.63) is 36.2 Å². The third-order valence-corrected chi connectivity index (χ3v) is 2.86. The number of H-pyrrole nitrogens is 1. The van der Waals surface area contributed by atoms with Gasteiger partial charge in [-0.3, -0.25) is 0 Å². The van der Waals surface area contributed by atoms with Gasteiger partial charge in [0.2, 0.25) is 0 Å². The maximum atomic E-state index is 8.81. The number of rotatable bonds is 2. The molecule has 74 valence electrons. The van der Waals surface area contributed by atoms with E-state index in [-0.39, 0.29) is 0 Å². The van der Waals surface area contributed by atoms with Crippen molar-refractivity contribution in [3.8, 4) is 6.07 Å². The molecule has 0 bridgehead atoms. The third kappa shape index (κ3) is 1.95. The summed E-state index contributed by atoms with van der Waals surface area (Å²) in [6, 6.07) is 7.41. The van der Waals surface area contributed by atoms with Crippen LogP contribution in [0.5, 0.6) is 0 Å². The lowest BCUT2D eigenvalue weighted by Gasteiger charge is -2.03. The van der Waals surface area contributed by atoms with E-state index in [1.165, 1.54) is 11.8 Å². The minimum absolute atomic E-state index is 0.492. The second-order valence-electron chi connectivity index (χ2n) is 2.83. The Hall–Kier alpha value is -1.93. The predicted molar refractivity (Wildman–Crippen MR) is 58.3 cm³/mol. The molecule has 0 aliphatic carbocycles. The highest BCUT2D eigenvalue weighted by atomic mass is 32.2. The van der Waals surface area contributed by atoms with Crippen LogP contribution in [0.4, 0.5) is 5.69 Å². The van der Waals surface area contributed by atoms with Gasteiger partial charge in [0.05, 0.1) is 11.3 Å². The molecule has 0 aliphatic heterocycles. The van der Waals surface area contributed by atoms with Crippen LogP contribution in [0.1, 0.15) is 5.56 Å². The summed E-state index contributed by atoms with van der Waals surface area (Å²) in [6.07, 6.45) is 3.42. The number of anilines is 1. The first kappa shape index (κ1) is 9.62. The molecule has 0 atom stereocenters. The van der Waals surface area contributed by atoms with Gasteiger partial charge in [0.25, 0.3) is 0 Å². The molecule has 0 saturated carbocycles. The van der Waals surface area contributed by atoms with Gasteiger partial charge in [-0.25, -0.2) is 4.98 Å². The largest absolute Gasteiger partial charge is 0.397 e. The van der Waals surface area contributed by atoms with Crippen molar-refractivity contribution in [1.29, 1.82) is 5.26 Å². The van der Waals surface area contributed by atoms with Crippen LogP contribution in [-0.4, -0.2) is 9.97 Å². The van der Waals surface area contributed by atoms with E-state index in [0.29, 0.717) is 11.3 Å². The van der Waals surface area contributed by atoms with Crippen molar-refractivity contribution in [2.75, 3.05) is 5.73 Å². The van der Waals surface area contributed by atoms with Gasteiger partial charge in [-0.1, -0.05) is 6.07 Å². The topological polar surface area (TPSA) is 78.5 Å². The fourth-order valence-electron chi connectivity index (χ4n) is 1.14. The highest BCUT2D eigenvalue weighted by Gasteiger charge is 2.06. The number of nitriles is 1. The standard InChI is InChI=1S/C10H8N4S/c11-6-7-2-1-3-8(9(7)12)15-10-13-4-5-14-10/h1-5H,12H2,(H,13,14). The summed E-state index contributed by atoms with van der Waals surface area (Å²) < 4.78 is 0. The zero-order valence-electron chi connectivity index (χ0n) is 7.77. The third-order valence-electron chi connectivity index (χ3n) is 1.87. The van der Waals surface area contributed by atoms with Crippen LogP contribution < -0.4 is 5.73 Å². The van der Waals surface area contributed by atoms with Crippen LogP contribution in [0.25, 0.3) is 0 Å². The molecule has 4 nitrogen and oxygen atoms in total. The van der Waals surface area contributed by atoms with Gasteiger partial charge in [0, 0.05) is 17.3 Å². The van der Waals surface area contributed by atoms with E-state index in [4.69, 9.17) is 11.0 Å². The van der Waals surface area contributed by atoms with E-state index >= 15 is 0 Å². The van der Waals surface area contributed by atoms with Gasteiger partial charge in [0.15, 0.2) is 5.16 Å². The van der Waals surface area contributed by atoms with Gasteiger partial charge in [0.1, 0.15) is 6.07 Å². The van der Waals surface area contributed by atoms with Gasteiger partial charge in [-0.05, 0) is 23.9 Å². The highest BCUT2D eigenvalue weighted by Crippen LogP contribution is 2.31. The van der Waals surface area contributed by atoms with Gasteiger partial charge in [-0.2, -0.15) is 5.26 Å². The second kappa shape index (κ2) is 4.07. The molecule has 2 rings (SSSR count). The quantitative estimate of drug-likeness (QED) is 0.753. The zero-order chi connectivity index (χ0) is 10.7. The molecule has 0 amide bonds. The molecule has 3 N–H and O–H groups in total. The Kier molecular flexibility index (Phi) is 2.61. The zero-order valence-corrected chi connectivity index (χ0v) is 8.58. The Balaban J connectivity index is 2.34. The van der Waals surface area contributed by atoms with Crippen LogP contribution in [0, 0.1) is 11.3 Å². The summed E-state index contributed by atoms with van der Waals surface area (Å²) in [6.45, 7) is 0. The molecular formula is C10H8N4S. The van der Waals surface area contributed by atoms with Gasteiger partial charge < -0.3 is 10.7 Å². The average Bonchev–Trinajstić information content (AvgIpc) is 2.74. The molecule has 0 fully saturated rings. The summed E-state index contributed by atoms with van der Waals surface area (Å²) >= 11 is 1.41. The molecule has 0 radical (unpaired) electrons. The Labute approximate surface area is 91.1 Å². The Bertz CT molecular complexity index is 499. The van der Waals surface area contributed by atoms with Crippen molar-refractivity contribution < 1.29 is 0 Å². The molecule has 1 aromatic heterocycles. The number of nitrogen functional groups attached to an aromatic ring is 1. The molecule has 0 aliphatic rings. The van der Waals surface area contributed by atoms with Crippen molar-refractivity contribution in [2.45, 2.75) is 10.1 Å². The van der Waals surface area contributed by atoms with E-state index in [0.717, 1.165) is 10.1 Å². The summed E-state index contributed by atoms with van der Waals surface area (Å²) in [5, 5.41) is 9.57. The molecule has 0 saturated heterocycles.